The SMILES string of the molecule is CC(C)NC(=O)c1ccc(-c2nc3cnccn3c2Nc2ccc3c(c2)CCC3N=O)cc1. The molecule has 0 saturated carbocycles. The zero-order chi connectivity index (χ0) is 22.9. The van der Waals surface area contributed by atoms with Crippen LogP contribution >= 0.6 is 0 Å². The lowest BCUT2D eigenvalue weighted by atomic mass is 10.1. The molecule has 33 heavy (non-hydrogen) atoms. The number of carbonyl (C=O) groups excluding carboxylic acids is 1. The van der Waals surface area contributed by atoms with Crippen LogP contribution in [0, 0.1) is 4.91 Å². The van der Waals surface area contributed by atoms with Crippen molar-refractivity contribution in [3.8, 4) is 11.3 Å². The minimum atomic E-state index is -0.252. The van der Waals surface area contributed by atoms with E-state index in [0.717, 1.165) is 46.7 Å². The van der Waals surface area contributed by atoms with E-state index in [4.69, 9.17) is 4.98 Å². The molecule has 2 aromatic heterocycles. The largest absolute Gasteiger partial charge is 0.350 e. The second-order valence-electron chi connectivity index (χ2n) is 8.52. The molecule has 0 aliphatic heterocycles. The first kappa shape index (κ1) is 20.8. The van der Waals surface area contributed by atoms with Crippen LogP contribution in [-0.2, 0) is 6.42 Å². The molecule has 1 unspecified atom stereocenters. The Morgan fingerprint density at radius 3 is 2.76 bits per heavy atom. The summed E-state index contributed by atoms with van der Waals surface area (Å²) in [7, 11) is 0. The third kappa shape index (κ3) is 3.95. The molecule has 2 aromatic carbocycles. The number of aromatic nitrogens is 3. The number of anilines is 2. The maximum Gasteiger partial charge on any atom is 0.251 e. The molecule has 0 spiro atoms. The number of carbonyl (C=O) groups is 1. The molecule has 1 aliphatic carbocycles. The summed E-state index contributed by atoms with van der Waals surface area (Å²) in [6.07, 6.45) is 6.88. The molecule has 4 aromatic rings. The van der Waals surface area contributed by atoms with Crippen LogP contribution in [-0.4, -0.2) is 26.3 Å². The lowest BCUT2D eigenvalue weighted by molar-refractivity contribution is 0.0943. The van der Waals surface area contributed by atoms with Gasteiger partial charge in [-0.05, 0) is 62.1 Å². The van der Waals surface area contributed by atoms with Crippen LogP contribution in [0.3, 0.4) is 0 Å². The fraction of sp³-hybridized carbons (Fsp3) is 0.240. The van der Waals surface area contributed by atoms with Gasteiger partial charge in [-0.2, -0.15) is 4.91 Å². The zero-order valence-corrected chi connectivity index (χ0v) is 18.4. The van der Waals surface area contributed by atoms with Gasteiger partial charge in [0.1, 0.15) is 17.6 Å². The number of benzene rings is 2. The Morgan fingerprint density at radius 2 is 2.00 bits per heavy atom. The van der Waals surface area contributed by atoms with E-state index in [0.29, 0.717) is 11.2 Å². The van der Waals surface area contributed by atoms with E-state index in [1.807, 2.05) is 48.7 Å². The van der Waals surface area contributed by atoms with E-state index >= 15 is 0 Å². The highest BCUT2D eigenvalue weighted by Crippen LogP contribution is 2.37. The Morgan fingerprint density at radius 1 is 1.18 bits per heavy atom. The Bertz CT molecular complexity index is 1340. The van der Waals surface area contributed by atoms with Crippen molar-refractivity contribution in [1.82, 2.24) is 19.7 Å². The number of hydrogen-bond acceptors (Lipinski definition) is 6. The second kappa shape index (κ2) is 8.46. The number of nitrogens with one attached hydrogen (secondary N) is 2. The van der Waals surface area contributed by atoms with Gasteiger partial charge >= 0.3 is 0 Å². The molecule has 8 heteroatoms. The van der Waals surface area contributed by atoms with Crippen molar-refractivity contribution < 1.29 is 4.79 Å². The highest BCUT2D eigenvalue weighted by Gasteiger charge is 2.24. The van der Waals surface area contributed by atoms with Gasteiger partial charge in [0.2, 0.25) is 0 Å². The van der Waals surface area contributed by atoms with Gasteiger partial charge in [-0.15, -0.1) is 0 Å². The summed E-state index contributed by atoms with van der Waals surface area (Å²) in [4.78, 5) is 32.4. The Balaban J connectivity index is 1.51. The van der Waals surface area contributed by atoms with Gasteiger partial charge in [0, 0.05) is 35.2 Å². The van der Waals surface area contributed by atoms with Crippen LogP contribution < -0.4 is 10.6 Å². The van der Waals surface area contributed by atoms with Crippen molar-refractivity contribution in [2.24, 2.45) is 5.18 Å². The predicted molar refractivity (Wildman–Crippen MR) is 128 cm³/mol. The van der Waals surface area contributed by atoms with Gasteiger partial charge < -0.3 is 10.6 Å². The predicted octanol–water partition coefficient (Wildman–Crippen LogP) is 5.03. The van der Waals surface area contributed by atoms with Crippen LogP contribution in [0.2, 0.25) is 0 Å². The lowest BCUT2D eigenvalue weighted by Gasteiger charge is -2.12. The molecule has 166 valence electrons. The fourth-order valence-electron chi connectivity index (χ4n) is 4.27. The standard InChI is InChI=1S/C25H24N6O2/c1-15(2)27-25(32)17-5-3-16(4-6-17)23-24(31-12-11-26-14-22(31)29-23)28-19-8-9-20-18(13-19)7-10-21(20)30-33/h3-6,8-9,11-15,21,28H,7,10H2,1-2H3,(H,27,32). The topological polar surface area (TPSA) is 101 Å². The van der Waals surface area contributed by atoms with Crippen LogP contribution in [0.25, 0.3) is 16.9 Å². The summed E-state index contributed by atoms with van der Waals surface area (Å²) in [5, 5.41) is 9.65. The molecule has 8 nitrogen and oxygen atoms in total. The zero-order valence-electron chi connectivity index (χ0n) is 18.4. The summed E-state index contributed by atoms with van der Waals surface area (Å²) in [6.45, 7) is 3.87. The maximum atomic E-state index is 12.3. The summed E-state index contributed by atoms with van der Waals surface area (Å²) < 4.78 is 1.95. The Labute approximate surface area is 191 Å². The highest BCUT2D eigenvalue weighted by molar-refractivity contribution is 5.95. The van der Waals surface area contributed by atoms with Crippen LogP contribution in [0.15, 0.2) is 66.2 Å². The Kier molecular flexibility index (Phi) is 5.34. The van der Waals surface area contributed by atoms with Crippen molar-refractivity contribution in [3.63, 3.8) is 0 Å². The molecule has 2 N–H and O–H groups in total. The minimum Gasteiger partial charge on any atom is -0.350 e. The molecule has 2 heterocycles. The number of nitroso groups, excluding NO2 is 1. The van der Waals surface area contributed by atoms with Gasteiger partial charge in [0.25, 0.3) is 5.91 Å². The van der Waals surface area contributed by atoms with Crippen molar-refractivity contribution >= 4 is 23.1 Å². The van der Waals surface area contributed by atoms with E-state index in [-0.39, 0.29) is 18.0 Å². The number of amides is 1. The van der Waals surface area contributed by atoms with Gasteiger partial charge in [-0.1, -0.05) is 23.4 Å². The highest BCUT2D eigenvalue weighted by atomic mass is 16.3. The van der Waals surface area contributed by atoms with E-state index < -0.39 is 0 Å². The third-order valence-electron chi connectivity index (χ3n) is 5.85. The number of rotatable bonds is 6. The summed E-state index contributed by atoms with van der Waals surface area (Å²) in [5.74, 6) is 0.699. The second-order valence-corrected chi connectivity index (χ2v) is 8.52. The molecule has 1 amide bonds. The van der Waals surface area contributed by atoms with Crippen LogP contribution in [0.4, 0.5) is 11.5 Å². The quantitative estimate of drug-likeness (QED) is 0.410. The Hall–Kier alpha value is -4.07. The van der Waals surface area contributed by atoms with Crippen molar-refractivity contribution in [2.75, 3.05) is 5.32 Å². The average Bonchev–Trinajstić information content (AvgIpc) is 3.40. The number of imidazole rings is 1. The molecular weight excluding hydrogens is 416 g/mol. The fourth-order valence-corrected chi connectivity index (χ4v) is 4.27. The molecule has 0 fully saturated rings. The third-order valence-corrected chi connectivity index (χ3v) is 5.85. The monoisotopic (exact) mass is 440 g/mol. The number of nitrogens with zero attached hydrogens (tertiary/aromatic N) is 4. The van der Waals surface area contributed by atoms with E-state index in [2.05, 4.69) is 26.9 Å². The molecule has 5 rings (SSSR count). The van der Waals surface area contributed by atoms with Gasteiger partial charge in [0.05, 0.1) is 6.20 Å². The van der Waals surface area contributed by atoms with E-state index in [1.165, 1.54) is 0 Å². The first-order valence-electron chi connectivity index (χ1n) is 11.0. The summed E-state index contributed by atoms with van der Waals surface area (Å²) in [6, 6.07) is 13.3. The smallest absolute Gasteiger partial charge is 0.251 e. The van der Waals surface area contributed by atoms with E-state index in [1.54, 1.807) is 24.5 Å². The first-order valence-corrected chi connectivity index (χ1v) is 11.0. The maximum absolute atomic E-state index is 12.3. The van der Waals surface area contributed by atoms with Gasteiger partial charge in [-0.25, -0.2) is 4.98 Å². The first-order chi connectivity index (χ1) is 16.0. The van der Waals surface area contributed by atoms with Crippen molar-refractivity contribution in [1.29, 1.82) is 0 Å². The van der Waals surface area contributed by atoms with Gasteiger partial charge in [0.15, 0.2) is 5.65 Å². The van der Waals surface area contributed by atoms with Crippen molar-refractivity contribution in [2.45, 2.75) is 38.8 Å². The minimum absolute atomic E-state index is 0.0730. The number of fused-ring (bicyclic) bond motifs is 2. The van der Waals surface area contributed by atoms with E-state index in [9.17, 15) is 9.70 Å². The number of aryl methyl sites for hydroxylation is 1. The molecular formula is C25H24N6O2. The number of hydrogen-bond donors (Lipinski definition) is 2. The van der Waals surface area contributed by atoms with Crippen molar-refractivity contribution in [3.05, 3.63) is 82.7 Å². The molecule has 0 bridgehead atoms. The molecule has 0 saturated heterocycles. The summed E-state index contributed by atoms with van der Waals surface area (Å²) in [5.41, 5.74) is 6.01. The normalized spacial score (nSPS) is 14.9. The molecule has 1 aliphatic rings. The lowest BCUT2D eigenvalue weighted by Crippen LogP contribution is -2.29. The summed E-state index contributed by atoms with van der Waals surface area (Å²) >= 11 is 0. The molecule has 0 radical (unpaired) electrons. The molecule has 1 atom stereocenters. The van der Waals surface area contributed by atoms with Crippen LogP contribution in [0.5, 0.6) is 0 Å². The van der Waals surface area contributed by atoms with Gasteiger partial charge in [-0.3, -0.25) is 14.2 Å². The van der Waals surface area contributed by atoms with Crippen LogP contribution in [0.1, 0.15) is 47.8 Å². The average molecular weight is 441 g/mol.